The Morgan fingerprint density at radius 3 is 2.59 bits per heavy atom. The van der Waals surface area contributed by atoms with E-state index in [1.54, 1.807) is 19.9 Å². The molecule has 1 aliphatic heterocycles. The van der Waals surface area contributed by atoms with Crippen molar-refractivity contribution in [1.29, 1.82) is 0 Å². The maximum atomic E-state index is 13.2. The van der Waals surface area contributed by atoms with Crippen LogP contribution in [0.4, 0.5) is 0 Å². The molecule has 2 aromatic rings. The Bertz CT molecular complexity index is 1190. The van der Waals surface area contributed by atoms with E-state index in [9.17, 15) is 24.0 Å². The monoisotopic (exact) mass is 544 g/mol. The molecule has 2 heterocycles. The summed E-state index contributed by atoms with van der Waals surface area (Å²) < 4.78 is 9.80. The van der Waals surface area contributed by atoms with E-state index >= 15 is 0 Å². The third kappa shape index (κ3) is 8.31. The van der Waals surface area contributed by atoms with Crippen LogP contribution in [0.5, 0.6) is 0 Å². The predicted molar refractivity (Wildman–Crippen MR) is 139 cm³/mol. The molecule has 0 saturated carbocycles. The van der Waals surface area contributed by atoms with Crippen LogP contribution < -0.4 is 16.1 Å². The maximum absolute atomic E-state index is 13.2. The molecule has 1 fully saturated rings. The molecule has 13 nitrogen and oxygen atoms in total. The summed E-state index contributed by atoms with van der Waals surface area (Å²) in [5.74, 6) is -2.25. The summed E-state index contributed by atoms with van der Waals surface area (Å²) in [6.45, 7) is 7.53. The van der Waals surface area contributed by atoms with Gasteiger partial charge in [-0.1, -0.05) is 27.7 Å². The lowest BCUT2D eigenvalue weighted by molar-refractivity contribution is -0.147. The minimum Gasteiger partial charge on any atom is -0.454 e. The summed E-state index contributed by atoms with van der Waals surface area (Å²) >= 11 is 0. The molecule has 13 heteroatoms. The maximum Gasteiger partial charge on any atom is 0.338 e. The van der Waals surface area contributed by atoms with Crippen LogP contribution in [0.3, 0.4) is 0 Å². The largest absolute Gasteiger partial charge is 0.454 e. The van der Waals surface area contributed by atoms with Gasteiger partial charge in [0.25, 0.3) is 0 Å². The lowest BCUT2D eigenvalue weighted by atomic mass is 9.98. The first-order valence-electron chi connectivity index (χ1n) is 13.1. The first kappa shape index (κ1) is 29.7. The van der Waals surface area contributed by atoms with E-state index < -0.39 is 36.4 Å². The van der Waals surface area contributed by atoms with Gasteiger partial charge in [-0.15, -0.1) is 0 Å². The molecule has 0 bridgehead atoms. The highest BCUT2D eigenvalue weighted by molar-refractivity contribution is 5.97. The topological polar surface area (TPSA) is 173 Å². The summed E-state index contributed by atoms with van der Waals surface area (Å²) in [6.07, 6.45) is 1.47. The van der Waals surface area contributed by atoms with Gasteiger partial charge in [-0.2, -0.15) is 0 Å². The smallest absolute Gasteiger partial charge is 0.338 e. The fourth-order valence-electron chi connectivity index (χ4n) is 4.20. The number of Topliss-reactive ketones (excluding diaryl/α,β-unsaturated/α-hetero) is 1. The fourth-order valence-corrected chi connectivity index (χ4v) is 4.20. The molecule has 0 aliphatic carbocycles. The molecule has 2 atom stereocenters. The second kappa shape index (κ2) is 13.8. The van der Waals surface area contributed by atoms with Gasteiger partial charge in [-0.3, -0.25) is 24.2 Å². The van der Waals surface area contributed by atoms with Crippen molar-refractivity contribution < 1.29 is 33.3 Å². The standard InChI is InChI=1S/C26H36N6O7/c1-15(2)12-22(34)27-11-9-23(35)32-20(6-5-10-28-32)25(36)29-24(16(3)4)21(33)14-38-26(37)17-7-8-18-19(13-17)31-39-30-18/h7-8,13,15-16,20,24,28H,5-6,9-12,14H2,1-4H3,(H,27,34)(H,29,36)/t20-,24-/m0/s1. The Morgan fingerprint density at radius 1 is 1.13 bits per heavy atom. The molecule has 1 aromatic carbocycles. The third-order valence-corrected chi connectivity index (χ3v) is 6.22. The lowest BCUT2D eigenvalue weighted by Gasteiger charge is -2.36. The Kier molecular flexibility index (Phi) is 10.5. The number of amides is 3. The number of carbonyl (C=O) groups is 5. The average Bonchev–Trinajstić information content (AvgIpc) is 3.37. The number of ketones is 1. The highest BCUT2D eigenvalue weighted by Gasteiger charge is 2.35. The summed E-state index contributed by atoms with van der Waals surface area (Å²) in [5.41, 5.74) is 3.99. The molecule has 39 heavy (non-hydrogen) atoms. The molecule has 1 saturated heterocycles. The lowest BCUT2D eigenvalue weighted by Crippen LogP contribution is -2.61. The van der Waals surface area contributed by atoms with E-state index in [-0.39, 0.29) is 42.2 Å². The van der Waals surface area contributed by atoms with Crippen LogP contribution in [0.1, 0.15) is 63.7 Å². The molecular formula is C26H36N6O7. The van der Waals surface area contributed by atoms with Gasteiger partial charge in [-0.25, -0.2) is 14.8 Å². The predicted octanol–water partition coefficient (Wildman–Crippen LogP) is 1.14. The Labute approximate surface area is 226 Å². The zero-order valence-corrected chi connectivity index (χ0v) is 22.7. The molecule has 1 aromatic heterocycles. The number of fused-ring (bicyclic) bond motifs is 1. The van der Waals surface area contributed by atoms with Gasteiger partial charge in [0.05, 0.1) is 11.6 Å². The quantitative estimate of drug-likeness (QED) is 0.329. The van der Waals surface area contributed by atoms with Crippen molar-refractivity contribution >= 4 is 40.5 Å². The van der Waals surface area contributed by atoms with Crippen molar-refractivity contribution in [2.45, 2.75) is 65.5 Å². The number of carbonyl (C=O) groups excluding carboxylic acids is 5. The zero-order valence-electron chi connectivity index (χ0n) is 22.7. The van der Waals surface area contributed by atoms with Gasteiger partial charge in [0.1, 0.15) is 17.1 Å². The average molecular weight is 545 g/mol. The minimum absolute atomic E-state index is 0.0271. The van der Waals surface area contributed by atoms with E-state index in [2.05, 4.69) is 31.0 Å². The fraction of sp³-hybridized carbons (Fsp3) is 0.577. The van der Waals surface area contributed by atoms with Gasteiger partial charge in [-0.05, 0) is 53.2 Å². The SMILES string of the molecule is CC(C)CC(=O)NCCC(=O)N1NCCC[C@H]1C(=O)N[C@H](C(=O)COC(=O)c1ccc2nonc2c1)C(C)C. The van der Waals surface area contributed by atoms with E-state index in [1.165, 1.54) is 17.1 Å². The third-order valence-electron chi connectivity index (χ3n) is 6.22. The van der Waals surface area contributed by atoms with Crippen molar-refractivity contribution in [3.05, 3.63) is 23.8 Å². The van der Waals surface area contributed by atoms with Crippen LogP contribution in [0.25, 0.3) is 11.0 Å². The van der Waals surface area contributed by atoms with Crippen molar-refractivity contribution in [3.8, 4) is 0 Å². The summed E-state index contributed by atoms with van der Waals surface area (Å²) in [6, 6.07) is 2.72. The minimum atomic E-state index is -0.929. The van der Waals surface area contributed by atoms with Crippen molar-refractivity contribution in [3.63, 3.8) is 0 Å². The summed E-state index contributed by atoms with van der Waals surface area (Å²) in [5, 5.41) is 14.1. The highest BCUT2D eigenvalue weighted by Crippen LogP contribution is 2.15. The molecule has 3 rings (SSSR count). The van der Waals surface area contributed by atoms with Gasteiger partial charge >= 0.3 is 5.97 Å². The number of hydrazine groups is 1. The van der Waals surface area contributed by atoms with E-state index in [0.29, 0.717) is 36.8 Å². The van der Waals surface area contributed by atoms with Crippen molar-refractivity contribution in [1.82, 2.24) is 31.4 Å². The molecular weight excluding hydrogens is 508 g/mol. The molecule has 1 aliphatic rings. The second-order valence-electron chi connectivity index (χ2n) is 10.3. The number of nitrogens with one attached hydrogen (secondary N) is 3. The van der Waals surface area contributed by atoms with Crippen LogP contribution in [0, 0.1) is 11.8 Å². The molecule has 0 unspecified atom stereocenters. The first-order chi connectivity index (χ1) is 18.6. The Hall–Kier alpha value is -3.87. The van der Waals surface area contributed by atoms with Gasteiger partial charge in [0.2, 0.25) is 17.7 Å². The van der Waals surface area contributed by atoms with E-state index in [0.717, 1.165) is 0 Å². The molecule has 3 N–H and O–H groups in total. The van der Waals surface area contributed by atoms with Crippen LogP contribution in [-0.4, -0.2) is 76.6 Å². The van der Waals surface area contributed by atoms with Crippen LogP contribution in [-0.2, 0) is 23.9 Å². The van der Waals surface area contributed by atoms with E-state index in [1.807, 2.05) is 13.8 Å². The van der Waals surface area contributed by atoms with Crippen LogP contribution >= 0.6 is 0 Å². The molecule has 0 radical (unpaired) electrons. The number of benzene rings is 1. The number of hydrogen-bond donors (Lipinski definition) is 3. The first-order valence-corrected chi connectivity index (χ1v) is 13.1. The Morgan fingerprint density at radius 2 is 1.87 bits per heavy atom. The summed E-state index contributed by atoms with van der Waals surface area (Å²) in [4.78, 5) is 63.3. The number of rotatable bonds is 12. The normalized spacial score (nSPS) is 16.3. The molecule has 212 valence electrons. The molecule has 3 amide bonds. The number of ether oxygens (including phenoxy) is 1. The number of aromatic nitrogens is 2. The van der Waals surface area contributed by atoms with Crippen LogP contribution in [0.15, 0.2) is 22.8 Å². The Balaban J connectivity index is 1.55. The molecule has 0 spiro atoms. The number of nitrogens with zero attached hydrogens (tertiary/aromatic N) is 3. The number of hydrogen-bond acceptors (Lipinski definition) is 10. The van der Waals surface area contributed by atoms with Gasteiger partial charge < -0.3 is 15.4 Å². The van der Waals surface area contributed by atoms with Crippen molar-refractivity contribution in [2.24, 2.45) is 11.8 Å². The van der Waals surface area contributed by atoms with Crippen LogP contribution in [0.2, 0.25) is 0 Å². The van der Waals surface area contributed by atoms with Crippen molar-refractivity contribution in [2.75, 3.05) is 19.7 Å². The zero-order chi connectivity index (χ0) is 28.5. The number of esters is 1. The van der Waals surface area contributed by atoms with Gasteiger partial charge in [0, 0.05) is 25.9 Å². The second-order valence-corrected chi connectivity index (χ2v) is 10.3. The van der Waals surface area contributed by atoms with Gasteiger partial charge in [0.15, 0.2) is 12.4 Å². The summed E-state index contributed by atoms with van der Waals surface area (Å²) in [7, 11) is 0. The highest BCUT2D eigenvalue weighted by atomic mass is 16.6. The van der Waals surface area contributed by atoms with E-state index in [4.69, 9.17) is 4.74 Å².